The zero-order valence-electron chi connectivity index (χ0n) is 10.9. The Morgan fingerprint density at radius 2 is 2.07 bits per heavy atom. The summed E-state index contributed by atoms with van der Waals surface area (Å²) in [5.41, 5.74) is 0. The van der Waals surface area contributed by atoms with Gasteiger partial charge in [-0.15, -0.1) is 11.6 Å². The number of esters is 1. The number of halogens is 1. The van der Waals surface area contributed by atoms with E-state index in [1.165, 1.54) is 0 Å². The Morgan fingerprint density at radius 1 is 1.40 bits per heavy atom. The van der Waals surface area contributed by atoms with E-state index in [0.717, 1.165) is 19.4 Å². The van der Waals surface area contributed by atoms with E-state index < -0.39 is 0 Å². The van der Waals surface area contributed by atoms with Crippen molar-refractivity contribution in [2.45, 2.75) is 38.5 Å². The number of hydrogen-bond donors (Lipinski definition) is 0. The fourth-order valence-electron chi connectivity index (χ4n) is 0.851. The van der Waals surface area contributed by atoms with Crippen LogP contribution in [0.3, 0.4) is 0 Å². The summed E-state index contributed by atoms with van der Waals surface area (Å²) in [7, 11) is 0. The standard InChI is InChI=1S/C10H19ClO3.Na.H/c1-3-4-5-13-6-7-14-10(12)8-9(2)11;;/h9H,3-8H2,1-2H3;;/q;+1;-1. The van der Waals surface area contributed by atoms with Crippen molar-refractivity contribution in [2.24, 2.45) is 0 Å². The molecule has 1 unspecified atom stereocenters. The number of alkyl halides is 1. The number of carbonyl (C=O) groups excluding carboxylic acids is 1. The average molecular weight is 247 g/mol. The Balaban J connectivity index is -0.000000845. The zero-order chi connectivity index (χ0) is 10.8. The minimum absolute atomic E-state index is 0. The molecule has 0 aromatic carbocycles. The van der Waals surface area contributed by atoms with Gasteiger partial charge in [0.1, 0.15) is 6.61 Å². The molecule has 0 rings (SSSR count). The number of unbranched alkanes of at least 4 members (excludes halogenated alkanes) is 1. The summed E-state index contributed by atoms with van der Waals surface area (Å²) in [5.74, 6) is -0.258. The molecule has 0 saturated heterocycles. The van der Waals surface area contributed by atoms with E-state index in [1.807, 2.05) is 0 Å². The third kappa shape index (κ3) is 14.7. The van der Waals surface area contributed by atoms with Crippen molar-refractivity contribution < 1.29 is 45.3 Å². The Labute approximate surface area is 121 Å². The van der Waals surface area contributed by atoms with Crippen molar-refractivity contribution in [2.75, 3.05) is 19.8 Å². The molecule has 0 N–H and O–H groups in total. The van der Waals surface area contributed by atoms with Crippen LogP contribution in [0, 0.1) is 0 Å². The van der Waals surface area contributed by atoms with E-state index >= 15 is 0 Å². The average Bonchev–Trinajstić information content (AvgIpc) is 2.10. The molecule has 0 radical (unpaired) electrons. The monoisotopic (exact) mass is 246 g/mol. The molecule has 0 aliphatic rings. The number of carbonyl (C=O) groups is 1. The summed E-state index contributed by atoms with van der Waals surface area (Å²) < 4.78 is 10.1. The first-order chi connectivity index (χ1) is 6.66. The zero-order valence-corrected chi connectivity index (χ0v) is 12.7. The van der Waals surface area contributed by atoms with Gasteiger partial charge in [-0.3, -0.25) is 4.79 Å². The van der Waals surface area contributed by atoms with Gasteiger partial charge in [0.25, 0.3) is 0 Å². The van der Waals surface area contributed by atoms with Gasteiger partial charge in [0.05, 0.1) is 13.0 Å². The third-order valence-electron chi connectivity index (χ3n) is 1.58. The number of rotatable bonds is 8. The molecule has 0 amide bonds. The largest absolute Gasteiger partial charge is 1.00 e. The molecule has 0 bridgehead atoms. The molecule has 86 valence electrons. The van der Waals surface area contributed by atoms with Gasteiger partial charge < -0.3 is 10.9 Å². The molecule has 0 aromatic heterocycles. The van der Waals surface area contributed by atoms with Crippen LogP contribution in [0.15, 0.2) is 0 Å². The van der Waals surface area contributed by atoms with Crippen molar-refractivity contribution in [1.82, 2.24) is 0 Å². The van der Waals surface area contributed by atoms with Crippen LogP contribution in [0.1, 0.15) is 34.5 Å². The van der Waals surface area contributed by atoms with Gasteiger partial charge in [0.2, 0.25) is 0 Å². The normalized spacial score (nSPS) is 11.7. The Morgan fingerprint density at radius 3 is 2.60 bits per heavy atom. The predicted octanol–water partition coefficient (Wildman–Crippen LogP) is -0.520. The van der Waals surface area contributed by atoms with Gasteiger partial charge in [0.15, 0.2) is 0 Å². The van der Waals surface area contributed by atoms with Gasteiger partial charge in [0, 0.05) is 12.0 Å². The maximum absolute atomic E-state index is 11.0. The van der Waals surface area contributed by atoms with Crippen molar-refractivity contribution in [1.29, 1.82) is 0 Å². The maximum Gasteiger partial charge on any atom is 1.00 e. The number of hydrogen-bond acceptors (Lipinski definition) is 3. The van der Waals surface area contributed by atoms with E-state index in [9.17, 15) is 4.79 Å². The first kappa shape index (κ1) is 18.1. The second kappa shape index (κ2) is 12.8. The maximum atomic E-state index is 11.0. The molecular formula is C10H20ClNaO3. The summed E-state index contributed by atoms with van der Waals surface area (Å²) in [6.45, 7) is 5.40. The van der Waals surface area contributed by atoms with Crippen LogP contribution in [0.25, 0.3) is 0 Å². The molecular weight excluding hydrogens is 227 g/mol. The molecule has 0 saturated carbocycles. The van der Waals surface area contributed by atoms with Crippen LogP contribution in [-0.2, 0) is 14.3 Å². The van der Waals surface area contributed by atoms with Crippen LogP contribution >= 0.6 is 11.6 Å². The molecule has 15 heavy (non-hydrogen) atoms. The Kier molecular flexibility index (Phi) is 15.4. The summed E-state index contributed by atoms with van der Waals surface area (Å²) in [6, 6.07) is 0. The summed E-state index contributed by atoms with van der Waals surface area (Å²) in [5, 5.41) is -0.163. The molecule has 0 fully saturated rings. The van der Waals surface area contributed by atoms with Crippen LogP contribution in [0.4, 0.5) is 0 Å². The van der Waals surface area contributed by atoms with Gasteiger partial charge in [-0.05, 0) is 13.3 Å². The Bertz CT molecular complexity index is 159. The van der Waals surface area contributed by atoms with Crippen LogP contribution < -0.4 is 29.6 Å². The quantitative estimate of drug-likeness (QED) is 0.250. The van der Waals surface area contributed by atoms with E-state index in [2.05, 4.69) is 6.92 Å². The smallest absolute Gasteiger partial charge is 1.00 e. The molecule has 1 atom stereocenters. The summed E-state index contributed by atoms with van der Waals surface area (Å²) in [4.78, 5) is 11.0. The van der Waals surface area contributed by atoms with E-state index in [-0.39, 0.29) is 48.8 Å². The van der Waals surface area contributed by atoms with Gasteiger partial charge in [-0.2, -0.15) is 0 Å². The SMILES string of the molecule is CCCCOCCOC(=O)CC(C)Cl.[H-].[Na+]. The molecule has 0 heterocycles. The predicted molar refractivity (Wildman–Crippen MR) is 57.7 cm³/mol. The topological polar surface area (TPSA) is 35.5 Å². The van der Waals surface area contributed by atoms with Gasteiger partial charge >= 0.3 is 35.5 Å². The van der Waals surface area contributed by atoms with E-state index in [4.69, 9.17) is 21.1 Å². The van der Waals surface area contributed by atoms with Crippen molar-refractivity contribution in [3.05, 3.63) is 0 Å². The summed E-state index contributed by atoms with van der Waals surface area (Å²) >= 11 is 5.62. The van der Waals surface area contributed by atoms with Crippen LogP contribution in [0.2, 0.25) is 0 Å². The Hall–Kier alpha value is 0.720. The minimum Gasteiger partial charge on any atom is -1.00 e. The minimum atomic E-state index is -0.258. The van der Waals surface area contributed by atoms with Gasteiger partial charge in [-0.1, -0.05) is 13.3 Å². The molecule has 5 heteroatoms. The van der Waals surface area contributed by atoms with Crippen molar-refractivity contribution in [3.63, 3.8) is 0 Å². The fourth-order valence-corrected chi connectivity index (χ4v) is 0.977. The van der Waals surface area contributed by atoms with Gasteiger partial charge in [-0.25, -0.2) is 0 Å². The molecule has 0 aliphatic carbocycles. The fraction of sp³-hybridized carbons (Fsp3) is 0.900. The van der Waals surface area contributed by atoms with Crippen LogP contribution in [-0.4, -0.2) is 31.2 Å². The second-order valence-corrected chi connectivity index (χ2v) is 3.92. The van der Waals surface area contributed by atoms with E-state index in [0.29, 0.717) is 13.2 Å². The van der Waals surface area contributed by atoms with Crippen LogP contribution in [0.5, 0.6) is 0 Å². The first-order valence-corrected chi connectivity index (χ1v) is 5.48. The molecule has 3 nitrogen and oxygen atoms in total. The third-order valence-corrected chi connectivity index (χ3v) is 1.74. The second-order valence-electron chi connectivity index (χ2n) is 3.17. The van der Waals surface area contributed by atoms with Crippen molar-refractivity contribution >= 4 is 17.6 Å². The van der Waals surface area contributed by atoms with E-state index in [1.54, 1.807) is 6.92 Å². The number of ether oxygens (including phenoxy) is 2. The first-order valence-electron chi connectivity index (χ1n) is 5.04. The summed E-state index contributed by atoms with van der Waals surface area (Å²) in [6.07, 6.45) is 2.42. The van der Waals surface area contributed by atoms with Crippen molar-refractivity contribution in [3.8, 4) is 0 Å². The molecule has 0 aromatic rings. The molecule has 0 aliphatic heterocycles. The molecule has 0 spiro atoms.